The summed E-state index contributed by atoms with van der Waals surface area (Å²) in [6, 6.07) is 14.7. The number of halogens is 1. The van der Waals surface area contributed by atoms with Crippen LogP contribution in [0.2, 0.25) is 5.02 Å². The summed E-state index contributed by atoms with van der Waals surface area (Å²) in [4.78, 5) is 24.1. The summed E-state index contributed by atoms with van der Waals surface area (Å²) < 4.78 is 11.2. The number of rotatable bonds is 9. The zero-order chi connectivity index (χ0) is 23.8. The van der Waals surface area contributed by atoms with E-state index in [4.69, 9.17) is 21.1 Å². The molecule has 1 saturated heterocycles. The molecule has 4 rings (SSSR count). The third kappa shape index (κ3) is 6.24. The first-order valence-electron chi connectivity index (χ1n) is 11.4. The average Bonchev–Trinajstić information content (AvgIpc) is 2.89. The molecule has 2 heterocycles. The van der Waals surface area contributed by atoms with Crippen LogP contribution in [0.15, 0.2) is 67.1 Å². The van der Waals surface area contributed by atoms with E-state index in [1.54, 1.807) is 25.7 Å². The zero-order valence-electron chi connectivity index (χ0n) is 19.2. The van der Waals surface area contributed by atoms with Gasteiger partial charge in [0.1, 0.15) is 6.61 Å². The van der Waals surface area contributed by atoms with Crippen molar-refractivity contribution in [1.82, 2.24) is 20.2 Å². The molecular weight excluding hydrogens is 452 g/mol. The van der Waals surface area contributed by atoms with E-state index in [1.165, 1.54) is 0 Å². The van der Waals surface area contributed by atoms with Crippen LogP contribution in [0.1, 0.15) is 30.1 Å². The lowest BCUT2D eigenvalue weighted by Crippen LogP contribution is -2.43. The number of benzene rings is 2. The Morgan fingerprint density at radius 3 is 2.53 bits per heavy atom. The van der Waals surface area contributed by atoms with E-state index in [2.05, 4.69) is 20.2 Å². The molecule has 8 heteroatoms. The predicted molar refractivity (Wildman–Crippen MR) is 131 cm³/mol. The van der Waals surface area contributed by atoms with Crippen molar-refractivity contribution in [3.05, 3.63) is 83.4 Å². The topological polar surface area (TPSA) is 76.6 Å². The van der Waals surface area contributed by atoms with Gasteiger partial charge in [-0.15, -0.1) is 0 Å². The fourth-order valence-corrected chi connectivity index (χ4v) is 4.27. The molecule has 0 bridgehead atoms. The van der Waals surface area contributed by atoms with Crippen LogP contribution in [0.25, 0.3) is 0 Å². The number of piperidine rings is 1. The van der Waals surface area contributed by atoms with Crippen LogP contribution in [0, 0.1) is 5.92 Å². The Hall–Kier alpha value is -3.16. The fraction of sp³-hybridized carbons (Fsp3) is 0.346. The van der Waals surface area contributed by atoms with E-state index in [1.807, 2.05) is 48.5 Å². The molecule has 1 aromatic heterocycles. The number of hydrogen-bond donors (Lipinski definition) is 1. The number of carbonyl (C=O) groups excluding carboxylic acids is 1. The molecule has 3 aromatic rings. The van der Waals surface area contributed by atoms with Crippen molar-refractivity contribution in [3.8, 4) is 11.5 Å². The number of carbonyl (C=O) groups is 1. The van der Waals surface area contributed by atoms with Gasteiger partial charge < -0.3 is 14.8 Å². The lowest BCUT2D eigenvalue weighted by molar-refractivity contribution is -0.127. The van der Waals surface area contributed by atoms with E-state index in [0.29, 0.717) is 17.3 Å². The van der Waals surface area contributed by atoms with Crippen molar-refractivity contribution in [2.24, 2.45) is 5.92 Å². The number of hydrogen-bond acceptors (Lipinski definition) is 6. The van der Waals surface area contributed by atoms with Crippen LogP contribution in [0.5, 0.6) is 11.5 Å². The van der Waals surface area contributed by atoms with Crippen LogP contribution >= 0.6 is 11.6 Å². The van der Waals surface area contributed by atoms with Crippen LogP contribution < -0.4 is 14.8 Å². The molecule has 1 atom stereocenters. The molecule has 34 heavy (non-hydrogen) atoms. The first-order chi connectivity index (χ1) is 16.6. The second-order valence-corrected chi connectivity index (χ2v) is 8.68. The van der Waals surface area contributed by atoms with Crippen LogP contribution in [-0.4, -0.2) is 54.1 Å². The predicted octanol–water partition coefficient (Wildman–Crippen LogP) is 4.14. The Kier molecular flexibility index (Phi) is 8.33. The summed E-state index contributed by atoms with van der Waals surface area (Å²) in [6.07, 6.45) is 6.54. The van der Waals surface area contributed by atoms with Gasteiger partial charge in [-0.1, -0.05) is 35.9 Å². The number of methoxy groups -OCH3 is 1. The van der Waals surface area contributed by atoms with Crippen molar-refractivity contribution in [2.75, 3.05) is 33.4 Å². The largest absolute Gasteiger partial charge is 0.493 e. The minimum atomic E-state index is -0.370. The quantitative estimate of drug-likeness (QED) is 0.496. The number of aromatic nitrogens is 2. The number of para-hydroxylation sites is 2. The number of ether oxygens (including phenoxy) is 2. The van der Waals surface area contributed by atoms with E-state index in [0.717, 1.165) is 49.5 Å². The molecule has 1 unspecified atom stereocenters. The number of nitrogens with zero attached hydrogens (tertiary/aromatic N) is 3. The van der Waals surface area contributed by atoms with Crippen molar-refractivity contribution in [1.29, 1.82) is 0 Å². The number of amides is 1. The minimum absolute atomic E-state index is 0.0375. The Morgan fingerprint density at radius 1 is 1.12 bits per heavy atom. The summed E-state index contributed by atoms with van der Waals surface area (Å²) in [5, 5.41) is 3.84. The third-order valence-electron chi connectivity index (χ3n) is 6.06. The highest BCUT2D eigenvalue weighted by Gasteiger charge is 2.28. The maximum absolute atomic E-state index is 13.2. The molecule has 178 valence electrons. The van der Waals surface area contributed by atoms with E-state index in [-0.39, 0.29) is 17.9 Å². The summed E-state index contributed by atoms with van der Waals surface area (Å²) in [5.41, 5.74) is 1.62. The molecule has 1 aliphatic rings. The normalized spacial score (nSPS) is 15.5. The van der Waals surface area contributed by atoms with Crippen molar-refractivity contribution in [2.45, 2.75) is 18.9 Å². The van der Waals surface area contributed by atoms with Gasteiger partial charge in [0.15, 0.2) is 11.5 Å². The Morgan fingerprint density at radius 2 is 1.85 bits per heavy atom. The Bertz CT molecular complexity index is 1060. The van der Waals surface area contributed by atoms with E-state index < -0.39 is 0 Å². The van der Waals surface area contributed by atoms with Gasteiger partial charge in [-0.05, 0) is 55.8 Å². The van der Waals surface area contributed by atoms with Crippen molar-refractivity contribution < 1.29 is 14.3 Å². The second-order valence-electron chi connectivity index (χ2n) is 8.24. The molecule has 1 fully saturated rings. The molecular formula is C26H29ClN4O3. The summed E-state index contributed by atoms with van der Waals surface area (Å²) in [5.74, 6) is 1.47. The van der Waals surface area contributed by atoms with E-state index in [9.17, 15) is 4.79 Å². The average molecular weight is 481 g/mol. The molecule has 0 saturated carbocycles. The third-order valence-corrected chi connectivity index (χ3v) is 6.31. The van der Waals surface area contributed by atoms with Gasteiger partial charge >= 0.3 is 0 Å². The van der Waals surface area contributed by atoms with Crippen molar-refractivity contribution >= 4 is 17.5 Å². The lowest BCUT2D eigenvalue weighted by Gasteiger charge is -2.32. The highest BCUT2D eigenvalue weighted by atomic mass is 35.5. The molecule has 7 nitrogen and oxygen atoms in total. The van der Waals surface area contributed by atoms with Crippen molar-refractivity contribution in [3.63, 3.8) is 0 Å². The number of likely N-dealkylation sites (tertiary alicyclic amines) is 1. The molecule has 1 aliphatic heterocycles. The summed E-state index contributed by atoms with van der Waals surface area (Å²) >= 11 is 6.05. The first-order valence-corrected chi connectivity index (χ1v) is 11.8. The summed E-state index contributed by atoms with van der Waals surface area (Å²) in [6.45, 7) is 3.08. The Labute approximate surface area is 205 Å². The van der Waals surface area contributed by atoms with Crippen LogP contribution in [0.4, 0.5) is 0 Å². The summed E-state index contributed by atoms with van der Waals surface area (Å²) in [7, 11) is 1.64. The van der Waals surface area contributed by atoms with Gasteiger partial charge in [-0.2, -0.15) is 0 Å². The van der Waals surface area contributed by atoms with Crippen LogP contribution in [0.3, 0.4) is 0 Å². The smallest absolute Gasteiger partial charge is 0.224 e. The highest BCUT2D eigenvalue weighted by Crippen LogP contribution is 2.26. The standard InChI is InChI=1S/C26H29ClN4O3/c1-33-23-4-2-3-5-24(23)34-17-16-31-14-10-20(11-15-31)26(32)30-25(22-18-28-12-13-29-22)19-6-8-21(27)9-7-19/h2-9,12-13,18,20,25H,10-11,14-17H2,1H3,(H,30,32). The van der Waals surface area contributed by atoms with Gasteiger partial charge in [0.25, 0.3) is 0 Å². The zero-order valence-corrected chi connectivity index (χ0v) is 19.9. The maximum atomic E-state index is 13.2. The molecule has 1 amide bonds. The fourth-order valence-electron chi connectivity index (χ4n) is 4.14. The molecule has 0 radical (unpaired) electrons. The lowest BCUT2D eigenvalue weighted by atomic mass is 9.94. The maximum Gasteiger partial charge on any atom is 0.224 e. The molecule has 2 aromatic carbocycles. The number of nitrogens with one attached hydrogen (secondary N) is 1. The Balaban J connectivity index is 1.30. The van der Waals surface area contributed by atoms with Gasteiger partial charge in [-0.25, -0.2) is 0 Å². The van der Waals surface area contributed by atoms with Gasteiger partial charge in [0, 0.05) is 29.9 Å². The van der Waals surface area contributed by atoms with Gasteiger partial charge in [0.05, 0.1) is 25.0 Å². The molecule has 1 N–H and O–H groups in total. The molecule has 0 aliphatic carbocycles. The minimum Gasteiger partial charge on any atom is -0.493 e. The molecule has 0 spiro atoms. The highest BCUT2D eigenvalue weighted by molar-refractivity contribution is 6.30. The SMILES string of the molecule is COc1ccccc1OCCN1CCC(C(=O)NC(c2ccc(Cl)cc2)c2cnccn2)CC1. The van der Waals surface area contributed by atoms with E-state index >= 15 is 0 Å². The van der Waals surface area contributed by atoms with Crippen LogP contribution in [-0.2, 0) is 4.79 Å². The second kappa shape index (κ2) is 11.8. The van der Waals surface area contributed by atoms with Gasteiger partial charge in [0.2, 0.25) is 5.91 Å². The van der Waals surface area contributed by atoms with Gasteiger partial charge in [-0.3, -0.25) is 19.7 Å². The first kappa shape index (κ1) is 24.0. The monoisotopic (exact) mass is 480 g/mol.